The first-order valence-corrected chi connectivity index (χ1v) is 12.4. The van der Waals surface area contributed by atoms with E-state index in [9.17, 15) is 9.59 Å². The molecule has 0 aliphatic carbocycles. The van der Waals surface area contributed by atoms with E-state index in [0.29, 0.717) is 46.0 Å². The van der Waals surface area contributed by atoms with Gasteiger partial charge in [-0.15, -0.1) is 5.10 Å². The van der Waals surface area contributed by atoms with Crippen molar-refractivity contribution in [3.05, 3.63) is 69.1 Å². The Bertz CT molecular complexity index is 1520. The van der Waals surface area contributed by atoms with Crippen LogP contribution in [0.5, 0.6) is 0 Å². The summed E-state index contributed by atoms with van der Waals surface area (Å²) in [5.74, 6) is 0.542. The fourth-order valence-corrected chi connectivity index (χ4v) is 5.04. The van der Waals surface area contributed by atoms with Gasteiger partial charge in [0, 0.05) is 35.7 Å². The van der Waals surface area contributed by atoms with Gasteiger partial charge >= 0.3 is 5.69 Å². The summed E-state index contributed by atoms with van der Waals surface area (Å²) >= 11 is 12.3. The van der Waals surface area contributed by atoms with E-state index in [1.54, 1.807) is 38.2 Å². The van der Waals surface area contributed by atoms with Crippen LogP contribution in [-0.2, 0) is 11.8 Å². The molecule has 0 N–H and O–H groups in total. The number of ketones is 1. The molecule has 186 valence electrons. The molecule has 0 bridgehead atoms. The minimum atomic E-state index is -0.621. The highest BCUT2D eigenvalue weighted by molar-refractivity contribution is 6.31. The van der Waals surface area contributed by atoms with Crippen molar-refractivity contribution in [1.29, 1.82) is 0 Å². The zero-order valence-corrected chi connectivity index (χ0v) is 22.0. The number of aryl methyl sites for hydroxylation is 1. The second kappa shape index (κ2) is 9.03. The molecule has 5 rings (SSSR count). The van der Waals surface area contributed by atoms with Gasteiger partial charge in [0.2, 0.25) is 5.95 Å². The smallest absolute Gasteiger partial charge is 0.337 e. The second-order valence-electron chi connectivity index (χ2n) is 9.17. The lowest BCUT2D eigenvalue weighted by Crippen LogP contribution is -2.73. The monoisotopic (exact) mass is 524 g/mol. The number of halogens is 2. The first-order chi connectivity index (χ1) is 17.2. The molecule has 1 saturated heterocycles. The lowest BCUT2D eigenvalue weighted by Gasteiger charge is -2.53. The van der Waals surface area contributed by atoms with Gasteiger partial charge in [0.1, 0.15) is 5.54 Å². The third-order valence-electron chi connectivity index (χ3n) is 7.10. The number of carbonyl (C=O) groups is 1. The number of rotatable bonds is 6. The van der Waals surface area contributed by atoms with Gasteiger partial charge in [0.25, 0.3) is 0 Å². The largest absolute Gasteiger partial charge is 0.352 e. The molecule has 0 unspecified atom stereocenters. The number of anilines is 1. The van der Waals surface area contributed by atoms with E-state index in [-0.39, 0.29) is 11.5 Å². The second-order valence-corrected chi connectivity index (χ2v) is 10.0. The van der Waals surface area contributed by atoms with Gasteiger partial charge in [-0.2, -0.15) is 0 Å². The third kappa shape index (κ3) is 3.80. The van der Waals surface area contributed by atoms with E-state index in [2.05, 4.69) is 10.00 Å². The summed E-state index contributed by atoms with van der Waals surface area (Å²) in [5, 5.41) is 5.82. The Labute approximate surface area is 218 Å². The maximum absolute atomic E-state index is 13.3. The van der Waals surface area contributed by atoms with Crippen LogP contribution in [0.2, 0.25) is 10.0 Å². The zero-order chi connectivity index (χ0) is 25.8. The Kier molecular flexibility index (Phi) is 6.14. The molecule has 0 saturated carbocycles. The number of hydrogen-bond acceptors (Lipinski definition) is 6. The predicted molar refractivity (Wildman–Crippen MR) is 143 cm³/mol. The number of Topliss-reactive ketones (excluding diaryl/α,β-unsaturated/α-hetero) is 1. The quantitative estimate of drug-likeness (QED) is 0.376. The average molecular weight is 525 g/mol. The van der Waals surface area contributed by atoms with Gasteiger partial charge < -0.3 is 4.90 Å². The molecule has 0 spiro atoms. The lowest BCUT2D eigenvalue weighted by atomic mass is 9.84. The van der Waals surface area contributed by atoms with Crippen molar-refractivity contribution in [3.8, 4) is 22.4 Å². The van der Waals surface area contributed by atoms with Crippen molar-refractivity contribution in [2.75, 3.05) is 31.6 Å². The van der Waals surface area contributed by atoms with Gasteiger partial charge in [-0.1, -0.05) is 54.4 Å². The molecule has 0 atom stereocenters. The zero-order valence-electron chi connectivity index (χ0n) is 20.5. The predicted octanol–water partition coefficient (Wildman–Crippen LogP) is 4.17. The fourth-order valence-electron chi connectivity index (χ4n) is 4.79. The van der Waals surface area contributed by atoms with Crippen molar-refractivity contribution in [2.45, 2.75) is 19.4 Å². The summed E-state index contributed by atoms with van der Waals surface area (Å²) in [4.78, 5) is 35.0. The van der Waals surface area contributed by atoms with E-state index in [1.165, 1.54) is 9.08 Å². The maximum atomic E-state index is 13.3. The molecule has 8 nitrogen and oxygen atoms in total. The van der Waals surface area contributed by atoms with Crippen LogP contribution in [0, 0.1) is 0 Å². The van der Waals surface area contributed by atoms with E-state index < -0.39 is 5.54 Å². The Morgan fingerprint density at radius 2 is 1.58 bits per heavy atom. The van der Waals surface area contributed by atoms with E-state index in [0.717, 1.165) is 17.7 Å². The molecule has 3 heterocycles. The number of nitrogens with zero attached hydrogens (tertiary/aromatic N) is 6. The molecule has 10 heteroatoms. The maximum Gasteiger partial charge on any atom is 0.352 e. The van der Waals surface area contributed by atoms with Crippen LogP contribution in [0.4, 0.5) is 5.95 Å². The highest BCUT2D eigenvalue weighted by Gasteiger charge is 2.51. The number of benzene rings is 2. The molecule has 1 aliphatic rings. The highest BCUT2D eigenvalue weighted by Crippen LogP contribution is 2.39. The highest BCUT2D eigenvalue weighted by atomic mass is 35.5. The van der Waals surface area contributed by atoms with Crippen molar-refractivity contribution in [3.63, 3.8) is 0 Å². The van der Waals surface area contributed by atoms with Crippen molar-refractivity contribution in [2.24, 2.45) is 7.05 Å². The number of likely N-dealkylation sites (N-methyl/N-ethyl adjacent to an activating group) is 1. The average Bonchev–Trinajstić information content (AvgIpc) is 3.13. The summed E-state index contributed by atoms with van der Waals surface area (Å²) < 4.78 is 2.83. The fraction of sp³-hybridized carbons (Fsp3) is 0.308. The Balaban J connectivity index is 1.77. The Morgan fingerprint density at radius 1 is 1.03 bits per heavy atom. The molecule has 0 amide bonds. The Hall–Kier alpha value is -3.20. The summed E-state index contributed by atoms with van der Waals surface area (Å²) in [6.45, 7) is 5.22. The molecule has 36 heavy (non-hydrogen) atoms. The minimum Gasteiger partial charge on any atom is -0.337 e. The molecular weight excluding hydrogens is 499 g/mol. The van der Waals surface area contributed by atoms with Gasteiger partial charge in [-0.3, -0.25) is 9.69 Å². The number of carbonyl (C=O) groups excluding carboxylic acids is 1. The summed E-state index contributed by atoms with van der Waals surface area (Å²) in [5.41, 5.74) is 2.56. The normalized spacial score (nSPS) is 14.9. The molecule has 2 aromatic heterocycles. The molecular formula is C26H26Cl2N6O2. The first kappa shape index (κ1) is 24.5. The summed E-state index contributed by atoms with van der Waals surface area (Å²) in [6, 6.07) is 14.8. The standard InChI is InChI=1S/C26H26Cl2N6O2/c1-5-31(3)26(16(2)35)14-33(15-26)24-29-22(18-8-12-20(28)13-9-18)21(17-6-10-19(27)11-7-17)23-30-32(4)25(36)34(23)24/h6-13H,5,14-15H2,1-4H3. The summed E-state index contributed by atoms with van der Waals surface area (Å²) in [7, 11) is 3.56. The van der Waals surface area contributed by atoms with Crippen LogP contribution in [0.25, 0.3) is 28.0 Å². The van der Waals surface area contributed by atoms with Crippen LogP contribution < -0.4 is 10.6 Å². The van der Waals surface area contributed by atoms with E-state index >= 15 is 0 Å². The van der Waals surface area contributed by atoms with E-state index in [4.69, 9.17) is 28.2 Å². The van der Waals surface area contributed by atoms with Crippen LogP contribution in [0.3, 0.4) is 0 Å². The first-order valence-electron chi connectivity index (χ1n) is 11.6. The number of fused-ring (bicyclic) bond motifs is 1. The van der Waals surface area contributed by atoms with Gasteiger partial charge in [-0.25, -0.2) is 18.9 Å². The van der Waals surface area contributed by atoms with Gasteiger partial charge in [-0.05, 0) is 50.3 Å². The number of hydrogen-bond donors (Lipinski definition) is 0. The Morgan fingerprint density at radius 3 is 2.11 bits per heavy atom. The number of aromatic nitrogens is 4. The minimum absolute atomic E-state index is 0.0913. The van der Waals surface area contributed by atoms with Gasteiger partial charge in [0.05, 0.1) is 11.3 Å². The van der Waals surface area contributed by atoms with Gasteiger partial charge in [0.15, 0.2) is 11.4 Å². The lowest BCUT2D eigenvalue weighted by molar-refractivity contribution is -0.130. The third-order valence-corrected chi connectivity index (χ3v) is 7.60. The van der Waals surface area contributed by atoms with Crippen molar-refractivity contribution < 1.29 is 4.79 Å². The molecule has 1 fully saturated rings. The van der Waals surface area contributed by atoms with Crippen LogP contribution >= 0.6 is 23.2 Å². The topological polar surface area (TPSA) is 75.7 Å². The molecule has 2 aromatic carbocycles. The molecule has 0 radical (unpaired) electrons. The van der Waals surface area contributed by atoms with Crippen LogP contribution in [0.1, 0.15) is 13.8 Å². The van der Waals surface area contributed by atoms with Crippen molar-refractivity contribution >= 4 is 40.6 Å². The van der Waals surface area contributed by atoms with Crippen LogP contribution in [-0.4, -0.2) is 62.1 Å². The summed E-state index contributed by atoms with van der Waals surface area (Å²) in [6.07, 6.45) is 0. The van der Waals surface area contributed by atoms with E-state index in [1.807, 2.05) is 43.1 Å². The van der Waals surface area contributed by atoms with Crippen molar-refractivity contribution in [1.82, 2.24) is 24.1 Å². The SMILES string of the molecule is CCN(C)C1(C(C)=O)CN(c2nc(-c3ccc(Cl)cc3)c(-c3ccc(Cl)cc3)c3nn(C)c(=O)n23)C1. The molecule has 4 aromatic rings. The molecule has 1 aliphatic heterocycles. The van der Waals surface area contributed by atoms with Crippen LogP contribution in [0.15, 0.2) is 53.3 Å².